The van der Waals surface area contributed by atoms with Crippen molar-refractivity contribution in [2.45, 2.75) is 13.0 Å². The molecular formula is C13H12Cl2N2O5. The predicted molar refractivity (Wildman–Crippen MR) is 79.6 cm³/mol. The van der Waals surface area contributed by atoms with Crippen molar-refractivity contribution in [3.8, 4) is 5.75 Å². The monoisotopic (exact) mass is 346 g/mol. The number of halogens is 2. The van der Waals surface area contributed by atoms with Gasteiger partial charge in [-0.2, -0.15) is 0 Å². The van der Waals surface area contributed by atoms with Gasteiger partial charge in [-0.1, -0.05) is 23.2 Å². The predicted octanol–water partition coefficient (Wildman–Crippen LogP) is 1.55. The second-order valence-corrected chi connectivity index (χ2v) is 4.83. The number of hydrazine groups is 1. The third kappa shape index (κ3) is 6.02. The van der Waals surface area contributed by atoms with Gasteiger partial charge >= 0.3 is 5.97 Å². The maximum atomic E-state index is 11.7. The van der Waals surface area contributed by atoms with Gasteiger partial charge in [0.05, 0.1) is 5.02 Å². The van der Waals surface area contributed by atoms with Crippen molar-refractivity contribution >= 4 is 41.0 Å². The minimum Gasteiger partial charge on any atom is -0.479 e. The molecule has 0 saturated heterocycles. The number of carboxylic acid groups (broad SMARTS) is 1. The third-order valence-electron chi connectivity index (χ3n) is 2.25. The molecule has 118 valence electrons. The fourth-order valence-corrected chi connectivity index (χ4v) is 1.68. The van der Waals surface area contributed by atoms with Gasteiger partial charge in [-0.25, -0.2) is 4.79 Å². The zero-order chi connectivity index (χ0) is 16.7. The zero-order valence-corrected chi connectivity index (χ0v) is 12.8. The maximum Gasteiger partial charge on any atom is 0.328 e. The van der Waals surface area contributed by atoms with Gasteiger partial charge in [-0.05, 0) is 25.1 Å². The molecule has 0 fully saturated rings. The molecule has 9 heteroatoms. The van der Waals surface area contributed by atoms with Crippen LogP contribution in [-0.4, -0.2) is 29.0 Å². The van der Waals surface area contributed by atoms with Crippen molar-refractivity contribution in [2.24, 2.45) is 0 Å². The number of carbonyl (C=O) groups is 3. The van der Waals surface area contributed by atoms with Crippen LogP contribution in [-0.2, 0) is 14.4 Å². The van der Waals surface area contributed by atoms with Crippen molar-refractivity contribution in [3.63, 3.8) is 0 Å². The van der Waals surface area contributed by atoms with Crippen LogP contribution in [0.3, 0.4) is 0 Å². The molecule has 0 saturated carbocycles. The number of nitrogens with one attached hydrogen (secondary N) is 2. The highest BCUT2D eigenvalue weighted by atomic mass is 35.5. The Kier molecular flexibility index (Phi) is 6.68. The molecule has 0 radical (unpaired) electrons. The summed E-state index contributed by atoms with van der Waals surface area (Å²) in [5.41, 5.74) is 4.09. The Balaban J connectivity index is 2.51. The molecule has 0 aliphatic heterocycles. The van der Waals surface area contributed by atoms with Crippen molar-refractivity contribution in [2.75, 3.05) is 0 Å². The Hall–Kier alpha value is -2.25. The average Bonchev–Trinajstić information content (AvgIpc) is 2.45. The number of amides is 2. The van der Waals surface area contributed by atoms with Gasteiger partial charge in [0.15, 0.2) is 6.10 Å². The highest BCUT2D eigenvalue weighted by molar-refractivity contribution is 6.35. The number of aliphatic carboxylic acids is 1. The van der Waals surface area contributed by atoms with Crippen LogP contribution in [0.2, 0.25) is 10.0 Å². The molecule has 0 spiro atoms. The van der Waals surface area contributed by atoms with Crippen LogP contribution in [0.25, 0.3) is 0 Å². The van der Waals surface area contributed by atoms with Gasteiger partial charge in [0, 0.05) is 17.2 Å². The molecule has 1 aromatic carbocycles. The molecule has 0 aromatic heterocycles. The van der Waals surface area contributed by atoms with E-state index in [1.54, 1.807) is 6.07 Å². The molecule has 1 aromatic rings. The SMILES string of the molecule is CC(Oc1ccc(Cl)cc1Cl)C(=O)NNC(=O)C=CC(=O)O. The molecule has 3 N–H and O–H groups in total. The van der Waals surface area contributed by atoms with Gasteiger partial charge in [0.1, 0.15) is 5.75 Å². The molecule has 1 atom stereocenters. The summed E-state index contributed by atoms with van der Waals surface area (Å²) in [5.74, 6) is -2.48. The second kappa shape index (κ2) is 8.26. The number of rotatable bonds is 5. The molecule has 0 heterocycles. The number of carboxylic acids is 1. The van der Waals surface area contributed by atoms with E-state index >= 15 is 0 Å². The Morgan fingerprint density at radius 2 is 1.91 bits per heavy atom. The van der Waals surface area contributed by atoms with E-state index in [0.29, 0.717) is 11.1 Å². The minimum atomic E-state index is -1.28. The Morgan fingerprint density at radius 3 is 2.50 bits per heavy atom. The molecule has 22 heavy (non-hydrogen) atoms. The van der Waals surface area contributed by atoms with Gasteiger partial charge < -0.3 is 9.84 Å². The lowest BCUT2D eigenvalue weighted by Crippen LogP contribution is -2.46. The first-order chi connectivity index (χ1) is 10.3. The summed E-state index contributed by atoms with van der Waals surface area (Å²) in [6, 6.07) is 4.51. The number of hydrogen-bond donors (Lipinski definition) is 3. The van der Waals surface area contributed by atoms with E-state index in [0.717, 1.165) is 6.08 Å². The van der Waals surface area contributed by atoms with E-state index in [4.69, 9.17) is 33.0 Å². The number of benzene rings is 1. The number of hydrogen-bond acceptors (Lipinski definition) is 4. The van der Waals surface area contributed by atoms with Crippen molar-refractivity contribution in [1.29, 1.82) is 0 Å². The highest BCUT2D eigenvalue weighted by Crippen LogP contribution is 2.28. The van der Waals surface area contributed by atoms with Crippen LogP contribution in [0, 0.1) is 0 Å². The quantitative estimate of drug-likeness (QED) is 0.554. The van der Waals surface area contributed by atoms with Crippen molar-refractivity contribution < 1.29 is 24.2 Å². The van der Waals surface area contributed by atoms with Gasteiger partial charge in [-0.3, -0.25) is 20.4 Å². The Morgan fingerprint density at radius 1 is 1.23 bits per heavy atom. The van der Waals surface area contributed by atoms with Crippen LogP contribution >= 0.6 is 23.2 Å². The molecule has 1 rings (SSSR count). The molecule has 0 bridgehead atoms. The van der Waals surface area contributed by atoms with E-state index in [9.17, 15) is 14.4 Å². The lowest BCUT2D eigenvalue weighted by atomic mass is 10.3. The summed E-state index contributed by atoms with van der Waals surface area (Å²) < 4.78 is 5.33. The first-order valence-electron chi connectivity index (χ1n) is 5.92. The van der Waals surface area contributed by atoms with Crippen molar-refractivity contribution in [3.05, 3.63) is 40.4 Å². The number of carbonyl (C=O) groups excluding carboxylic acids is 2. The van der Waals surface area contributed by atoms with E-state index in [2.05, 4.69) is 5.43 Å². The fraction of sp³-hybridized carbons (Fsp3) is 0.154. The first kappa shape index (κ1) is 17.8. The minimum absolute atomic E-state index is 0.237. The van der Waals surface area contributed by atoms with Crippen molar-refractivity contribution in [1.82, 2.24) is 10.9 Å². The van der Waals surface area contributed by atoms with Crippen LogP contribution in [0.4, 0.5) is 0 Å². The lowest BCUT2D eigenvalue weighted by molar-refractivity contribution is -0.132. The van der Waals surface area contributed by atoms with E-state index in [1.807, 2.05) is 5.43 Å². The standard InChI is InChI=1S/C13H12Cl2N2O5/c1-7(22-10-3-2-8(14)6-9(10)15)13(21)17-16-11(18)4-5-12(19)20/h2-7H,1H3,(H,16,18)(H,17,21)(H,19,20). The largest absolute Gasteiger partial charge is 0.479 e. The molecular weight excluding hydrogens is 335 g/mol. The summed E-state index contributed by atoms with van der Waals surface area (Å²) >= 11 is 11.6. The molecule has 7 nitrogen and oxygen atoms in total. The smallest absolute Gasteiger partial charge is 0.328 e. The second-order valence-electron chi connectivity index (χ2n) is 3.98. The molecule has 2 amide bonds. The molecule has 0 aliphatic rings. The van der Waals surface area contributed by atoms with Gasteiger partial charge in [0.25, 0.3) is 11.8 Å². The average molecular weight is 347 g/mol. The molecule has 1 unspecified atom stereocenters. The normalized spacial score (nSPS) is 11.8. The summed E-state index contributed by atoms with van der Waals surface area (Å²) in [5, 5.41) is 9.00. The van der Waals surface area contributed by atoms with Crippen LogP contribution in [0.5, 0.6) is 5.75 Å². The van der Waals surface area contributed by atoms with Crippen LogP contribution in [0.1, 0.15) is 6.92 Å². The first-order valence-corrected chi connectivity index (χ1v) is 6.67. The fourth-order valence-electron chi connectivity index (χ4n) is 1.23. The number of ether oxygens (including phenoxy) is 1. The lowest BCUT2D eigenvalue weighted by Gasteiger charge is -2.15. The Labute approximate surface area is 135 Å². The van der Waals surface area contributed by atoms with Crippen LogP contribution in [0.15, 0.2) is 30.4 Å². The summed E-state index contributed by atoms with van der Waals surface area (Å²) in [6.45, 7) is 1.44. The van der Waals surface area contributed by atoms with E-state index in [-0.39, 0.29) is 10.8 Å². The van der Waals surface area contributed by atoms with E-state index in [1.165, 1.54) is 19.1 Å². The van der Waals surface area contributed by atoms with Gasteiger partial charge in [0.2, 0.25) is 0 Å². The summed E-state index contributed by atoms with van der Waals surface area (Å²) in [6.07, 6.45) is 0.432. The summed E-state index contributed by atoms with van der Waals surface area (Å²) in [4.78, 5) is 33.1. The highest BCUT2D eigenvalue weighted by Gasteiger charge is 2.16. The maximum absolute atomic E-state index is 11.7. The van der Waals surface area contributed by atoms with E-state index < -0.39 is 23.9 Å². The topological polar surface area (TPSA) is 105 Å². The summed E-state index contributed by atoms with van der Waals surface area (Å²) in [7, 11) is 0. The molecule has 0 aliphatic carbocycles. The Bertz CT molecular complexity index is 618. The van der Waals surface area contributed by atoms with Crippen LogP contribution < -0.4 is 15.6 Å². The third-order valence-corrected chi connectivity index (χ3v) is 2.78. The van der Waals surface area contributed by atoms with Gasteiger partial charge in [-0.15, -0.1) is 0 Å². The zero-order valence-electron chi connectivity index (χ0n) is 11.3.